The minimum absolute atomic E-state index is 0.0787. The molecule has 0 aliphatic carbocycles. The predicted molar refractivity (Wildman–Crippen MR) is 43.3 cm³/mol. The van der Waals surface area contributed by atoms with Crippen molar-refractivity contribution >= 4 is 15.9 Å². The van der Waals surface area contributed by atoms with E-state index in [1.54, 1.807) is 19.1 Å². The van der Waals surface area contributed by atoms with Gasteiger partial charge in [-0.05, 0) is 35.0 Å². The highest BCUT2D eigenvalue weighted by Gasteiger charge is 2.08. The van der Waals surface area contributed by atoms with Crippen LogP contribution in [0.5, 0.6) is 5.88 Å². The van der Waals surface area contributed by atoms with Gasteiger partial charge in [-0.15, -0.1) is 0 Å². The Hall–Kier alpha value is -0.710. The van der Waals surface area contributed by atoms with E-state index in [-0.39, 0.29) is 5.88 Å². The molecule has 66 valence electrons. The number of alkyl halides is 2. The van der Waals surface area contributed by atoms with Crippen molar-refractivity contribution in [3.8, 4) is 5.88 Å². The summed E-state index contributed by atoms with van der Waals surface area (Å²) in [4.78, 5) is 3.76. The average molecular weight is 238 g/mol. The Morgan fingerprint density at radius 1 is 1.50 bits per heavy atom. The van der Waals surface area contributed by atoms with Crippen LogP contribution in [0, 0.1) is 6.92 Å². The van der Waals surface area contributed by atoms with Crippen LogP contribution in [0.25, 0.3) is 0 Å². The smallest absolute Gasteiger partial charge is 0.388 e. The second-order valence-electron chi connectivity index (χ2n) is 2.12. The Morgan fingerprint density at radius 2 is 2.17 bits per heavy atom. The molecule has 1 heterocycles. The van der Waals surface area contributed by atoms with E-state index in [2.05, 4.69) is 25.7 Å². The summed E-state index contributed by atoms with van der Waals surface area (Å²) in [5.41, 5.74) is 0.633. The fraction of sp³-hybridized carbons (Fsp3) is 0.286. The number of aromatic nitrogens is 1. The van der Waals surface area contributed by atoms with Crippen LogP contribution in [0.1, 0.15) is 5.69 Å². The molecule has 1 aromatic rings. The van der Waals surface area contributed by atoms with Crippen LogP contribution in [-0.2, 0) is 0 Å². The second-order valence-corrected chi connectivity index (χ2v) is 2.97. The van der Waals surface area contributed by atoms with Gasteiger partial charge in [0.1, 0.15) is 0 Å². The topological polar surface area (TPSA) is 22.1 Å². The molecule has 1 aromatic heterocycles. The zero-order valence-corrected chi connectivity index (χ0v) is 7.81. The van der Waals surface area contributed by atoms with Gasteiger partial charge in [0, 0.05) is 5.69 Å². The highest BCUT2D eigenvalue weighted by Crippen LogP contribution is 2.23. The summed E-state index contributed by atoms with van der Waals surface area (Å²) in [7, 11) is 0. The quantitative estimate of drug-likeness (QED) is 0.790. The Bertz CT molecular complexity index is 280. The van der Waals surface area contributed by atoms with E-state index >= 15 is 0 Å². The summed E-state index contributed by atoms with van der Waals surface area (Å²) < 4.78 is 28.1. The molecule has 0 amide bonds. The number of nitrogens with zero attached hydrogens (tertiary/aromatic N) is 1. The number of aryl methyl sites for hydroxylation is 1. The Labute approximate surface area is 76.7 Å². The molecule has 0 unspecified atom stereocenters. The molecule has 0 bridgehead atoms. The van der Waals surface area contributed by atoms with Crippen LogP contribution in [0.4, 0.5) is 8.78 Å². The van der Waals surface area contributed by atoms with Gasteiger partial charge in [-0.2, -0.15) is 8.78 Å². The molecule has 0 aliphatic rings. The van der Waals surface area contributed by atoms with Crippen LogP contribution in [0.2, 0.25) is 0 Å². The third-order valence-electron chi connectivity index (χ3n) is 1.15. The van der Waals surface area contributed by atoms with Crippen LogP contribution < -0.4 is 4.74 Å². The normalized spacial score (nSPS) is 10.4. The molecule has 0 N–H and O–H groups in total. The van der Waals surface area contributed by atoms with Crippen molar-refractivity contribution in [3.63, 3.8) is 0 Å². The third-order valence-corrected chi connectivity index (χ3v) is 1.76. The lowest BCUT2D eigenvalue weighted by Gasteiger charge is -2.05. The van der Waals surface area contributed by atoms with Gasteiger partial charge in [0.25, 0.3) is 0 Å². The number of pyridine rings is 1. The highest BCUT2D eigenvalue weighted by molar-refractivity contribution is 9.10. The first-order valence-corrected chi connectivity index (χ1v) is 3.97. The van der Waals surface area contributed by atoms with Gasteiger partial charge in [-0.1, -0.05) is 0 Å². The first-order valence-electron chi connectivity index (χ1n) is 3.17. The van der Waals surface area contributed by atoms with E-state index in [4.69, 9.17) is 0 Å². The number of ether oxygens (including phenoxy) is 1. The van der Waals surface area contributed by atoms with Gasteiger partial charge in [-0.25, -0.2) is 4.98 Å². The standard InChI is InChI=1S/C7H6BrF2NO/c1-4-2-3-5(8)6(11-4)12-7(9)10/h2-3,7H,1H3. The SMILES string of the molecule is Cc1ccc(Br)c(OC(F)F)n1. The van der Waals surface area contributed by atoms with Crippen molar-refractivity contribution in [1.82, 2.24) is 4.98 Å². The number of rotatable bonds is 2. The van der Waals surface area contributed by atoms with Crippen LogP contribution in [-0.4, -0.2) is 11.6 Å². The molecule has 2 nitrogen and oxygen atoms in total. The fourth-order valence-electron chi connectivity index (χ4n) is 0.683. The van der Waals surface area contributed by atoms with E-state index in [0.717, 1.165) is 0 Å². The summed E-state index contributed by atoms with van der Waals surface area (Å²) >= 11 is 3.04. The summed E-state index contributed by atoms with van der Waals surface area (Å²) in [6.45, 7) is -1.14. The number of hydrogen-bond acceptors (Lipinski definition) is 2. The van der Waals surface area contributed by atoms with Crippen molar-refractivity contribution in [2.75, 3.05) is 0 Å². The molecule has 0 fully saturated rings. The molecule has 0 atom stereocenters. The van der Waals surface area contributed by atoms with Crippen molar-refractivity contribution in [2.45, 2.75) is 13.5 Å². The van der Waals surface area contributed by atoms with Crippen molar-refractivity contribution in [1.29, 1.82) is 0 Å². The lowest BCUT2D eigenvalue weighted by atomic mass is 10.4. The maximum atomic E-state index is 11.7. The monoisotopic (exact) mass is 237 g/mol. The number of hydrogen-bond donors (Lipinski definition) is 0. The molecule has 12 heavy (non-hydrogen) atoms. The maximum absolute atomic E-state index is 11.7. The molecule has 0 aliphatic heterocycles. The van der Waals surface area contributed by atoms with Gasteiger partial charge in [-0.3, -0.25) is 0 Å². The summed E-state index contributed by atoms with van der Waals surface area (Å²) in [5, 5.41) is 0. The highest BCUT2D eigenvalue weighted by atomic mass is 79.9. The van der Waals surface area contributed by atoms with Gasteiger partial charge in [0.15, 0.2) is 0 Å². The van der Waals surface area contributed by atoms with Crippen molar-refractivity contribution in [2.24, 2.45) is 0 Å². The third kappa shape index (κ3) is 2.41. The van der Waals surface area contributed by atoms with Crippen molar-refractivity contribution < 1.29 is 13.5 Å². The second kappa shape index (κ2) is 3.80. The summed E-state index contributed by atoms with van der Waals surface area (Å²) in [6, 6.07) is 3.31. The van der Waals surface area contributed by atoms with E-state index in [0.29, 0.717) is 10.2 Å². The molecular formula is C7H6BrF2NO. The van der Waals surface area contributed by atoms with Gasteiger partial charge >= 0.3 is 6.61 Å². The number of halogens is 3. The predicted octanol–water partition coefficient (Wildman–Crippen LogP) is 2.75. The van der Waals surface area contributed by atoms with Gasteiger partial charge in [0.2, 0.25) is 5.88 Å². The average Bonchev–Trinajstić information content (AvgIpc) is 1.96. The molecular weight excluding hydrogens is 232 g/mol. The molecule has 0 saturated heterocycles. The van der Waals surface area contributed by atoms with E-state index < -0.39 is 6.61 Å². The Balaban J connectivity index is 2.90. The van der Waals surface area contributed by atoms with Crippen LogP contribution >= 0.6 is 15.9 Å². The lowest BCUT2D eigenvalue weighted by Crippen LogP contribution is -2.04. The molecule has 1 rings (SSSR count). The van der Waals surface area contributed by atoms with Gasteiger partial charge in [0.05, 0.1) is 4.47 Å². The van der Waals surface area contributed by atoms with E-state index in [1.807, 2.05) is 0 Å². The van der Waals surface area contributed by atoms with E-state index in [1.165, 1.54) is 0 Å². The Morgan fingerprint density at radius 3 is 2.75 bits per heavy atom. The van der Waals surface area contributed by atoms with Crippen LogP contribution in [0.3, 0.4) is 0 Å². The first kappa shape index (κ1) is 9.38. The summed E-state index contributed by atoms with van der Waals surface area (Å²) in [6.07, 6.45) is 0. The first-order chi connectivity index (χ1) is 5.59. The zero-order valence-electron chi connectivity index (χ0n) is 6.22. The molecule has 0 spiro atoms. The Kier molecular flexibility index (Phi) is 2.97. The molecule has 0 radical (unpaired) electrons. The van der Waals surface area contributed by atoms with Crippen molar-refractivity contribution in [3.05, 3.63) is 22.3 Å². The summed E-state index contributed by atoms with van der Waals surface area (Å²) in [5.74, 6) is -0.0787. The minimum Gasteiger partial charge on any atom is -0.416 e. The van der Waals surface area contributed by atoms with Crippen LogP contribution in [0.15, 0.2) is 16.6 Å². The molecule has 0 saturated carbocycles. The fourth-order valence-corrected chi connectivity index (χ4v) is 0.997. The molecule has 0 aromatic carbocycles. The van der Waals surface area contributed by atoms with Gasteiger partial charge < -0.3 is 4.74 Å². The molecule has 5 heteroatoms. The maximum Gasteiger partial charge on any atom is 0.388 e. The zero-order chi connectivity index (χ0) is 9.14. The van der Waals surface area contributed by atoms with E-state index in [9.17, 15) is 8.78 Å². The largest absolute Gasteiger partial charge is 0.416 e. The minimum atomic E-state index is -2.84. The lowest BCUT2D eigenvalue weighted by molar-refractivity contribution is -0.0534.